The van der Waals surface area contributed by atoms with Crippen LogP contribution >= 0.6 is 0 Å². The topological polar surface area (TPSA) is 113 Å². The highest BCUT2D eigenvalue weighted by Crippen LogP contribution is 2.31. The highest BCUT2D eigenvalue weighted by atomic mass is 16.6. The Morgan fingerprint density at radius 2 is 1.70 bits per heavy atom. The molecular weight excluding hydrogens is 304 g/mol. The van der Waals surface area contributed by atoms with Gasteiger partial charge in [-0.15, -0.1) is 0 Å². The Bertz CT molecular complexity index is 786. The van der Waals surface area contributed by atoms with Gasteiger partial charge in [0.1, 0.15) is 0 Å². The van der Waals surface area contributed by atoms with Crippen molar-refractivity contribution in [1.82, 2.24) is 0 Å². The van der Waals surface area contributed by atoms with Crippen molar-refractivity contribution in [3.63, 3.8) is 0 Å². The average molecular weight is 314 g/mol. The van der Waals surface area contributed by atoms with Gasteiger partial charge >= 0.3 is 11.7 Å². The molecule has 0 saturated heterocycles. The van der Waals surface area contributed by atoms with Crippen molar-refractivity contribution in [2.45, 2.75) is 0 Å². The summed E-state index contributed by atoms with van der Waals surface area (Å²) in [7, 11) is 0. The number of benzene rings is 2. The predicted octanol–water partition coefficient (Wildman–Crippen LogP) is 3.12. The van der Waals surface area contributed by atoms with E-state index in [-0.39, 0.29) is 5.75 Å². The molecule has 2 aromatic carbocycles. The van der Waals surface area contributed by atoms with Gasteiger partial charge in [0.15, 0.2) is 0 Å². The van der Waals surface area contributed by atoms with Crippen molar-refractivity contribution in [1.29, 1.82) is 0 Å². The number of hydrogen-bond acceptors (Lipinski definition) is 6. The summed E-state index contributed by atoms with van der Waals surface area (Å²) in [5.41, 5.74) is -0.361. The normalized spacial score (nSPS) is 10.4. The first-order chi connectivity index (χ1) is 11.0. The number of non-ortho nitro benzene ring substituents is 1. The number of rotatable bonds is 5. The second-order valence-electron chi connectivity index (χ2n) is 4.33. The molecule has 0 fully saturated rings. The first-order valence-corrected chi connectivity index (χ1v) is 6.35. The minimum atomic E-state index is -0.851. The summed E-state index contributed by atoms with van der Waals surface area (Å²) in [6.07, 6.45) is 2.60. The van der Waals surface area contributed by atoms with Gasteiger partial charge in [0.05, 0.1) is 15.9 Å². The van der Waals surface area contributed by atoms with E-state index in [1.54, 1.807) is 24.3 Å². The van der Waals surface area contributed by atoms with Gasteiger partial charge < -0.3 is 4.74 Å². The van der Waals surface area contributed by atoms with E-state index in [0.29, 0.717) is 0 Å². The third kappa shape index (κ3) is 4.21. The Labute approximate surface area is 129 Å². The molecule has 23 heavy (non-hydrogen) atoms. The summed E-state index contributed by atoms with van der Waals surface area (Å²) in [5, 5.41) is 21.6. The van der Waals surface area contributed by atoms with Crippen molar-refractivity contribution in [2.75, 3.05) is 0 Å². The largest absolute Gasteiger partial charge is 0.416 e. The first kappa shape index (κ1) is 15.8. The zero-order valence-corrected chi connectivity index (χ0v) is 11.6. The van der Waals surface area contributed by atoms with Crippen LogP contribution < -0.4 is 4.74 Å². The van der Waals surface area contributed by atoms with Crippen molar-refractivity contribution >= 4 is 23.4 Å². The third-order valence-corrected chi connectivity index (χ3v) is 2.77. The van der Waals surface area contributed by atoms with E-state index < -0.39 is 27.2 Å². The fraction of sp³-hybridized carbons (Fsp3) is 0. The van der Waals surface area contributed by atoms with Gasteiger partial charge in [-0.3, -0.25) is 20.2 Å². The van der Waals surface area contributed by atoms with E-state index in [1.807, 2.05) is 6.07 Å². The molecule has 8 heteroatoms. The number of hydrogen-bond donors (Lipinski definition) is 0. The number of carbonyl (C=O) groups excluding carboxylic acids is 1. The summed E-state index contributed by atoms with van der Waals surface area (Å²) in [6, 6.07) is 11.7. The number of esters is 1. The predicted molar refractivity (Wildman–Crippen MR) is 80.9 cm³/mol. The van der Waals surface area contributed by atoms with Crippen LogP contribution in [0.15, 0.2) is 54.6 Å². The molecule has 0 N–H and O–H groups in total. The molecule has 116 valence electrons. The van der Waals surface area contributed by atoms with E-state index in [1.165, 1.54) is 6.08 Å². The molecule has 8 nitrogen and oxygen atoms in total. The maximum atomic E-state index is 11.7. The summed E-state index contributed by atoms with van der Waals surface area (Å²) < 4.78 is 4.87. The molecule has 0 aromatic heterocycles. The first-order valence-electron chi connectivity index (χ1n) is 6.35. The smallest absolute Gasteiger partial charge is 0.336 e. The number of nitro benzene ring substituents is 2. The SMILES string of the molecule is O=C(C=Cc1ccccc1)Oc1ccc([N+](=O)[O-])cc1[N+](=O)[O-]. The van der Waals surface area contributed by atoms with Crippen molar-refractivity contribution < 1.29 is 19.4 Å². The van der Waals surface area contributed by atoms with Crippen LogP contribution in [0.4, 0.5) is 11.4 Å². The lowest BCUT2D eigenvalue weighted by Crippen LogP contribution is -2.06. The van der Waals surface area contributed by atoms with Gasteiger partial charge in [-0.2, -0.15) is 0 Å². The van der Waals surface area contributed by atoms with Gasteiger partial charge in [-0.05, 0) is 17.7 Å². The molecule has 2 aromatic rings. The van der Waals surface area contributed by atoms with Crippen LogP contribution in [0.3, 0.4) is 0 Å². The molecule has 0 aliphatic rings. The Hall–Kier alpha value is -3.55. The summed E-state index contributed by atoms with van der Waals surface area (Å²) in [4.78, 5) is 31.7. The molecule has 0 saturated carbocycles. The van der Waals surface area contributed by atoms with Crippen LogP contribution in [0.1, 0.15) is 5.56 Å². The van der Waals surface area contributed by atoms with E-state index >= 15 is 0 Å². The Morgan fingerprint density at radius 3 is 2.30 bits per heavy atom. The number of nitro groups is 2. The highest BCUT2D eigenvalue weighted by Gasteiger charge is 2.21. The Balaban J connectivity index is 2.19. The lowest BCUT2D eigenvalue weighted by Gasteiger charge is -2.02. The van der Waals surface area contributed by atoms with Gasteiger partial charge in [-0.25, -0.2) is 4.79 Å². The number of ether oxygens (including phenoxy) is 1. The maximum absolute atomic E-state index is 11.7. The quantitative estimate of drug-likeness (QED) is 0.275. The van der Waals surface area contributed by atoms with E-state index in [2.05, 4.69) is 0 Å². The zero-order valence-electron chi connectivity index (χ0n) is 11.6. The van der Waals surface area contributed by atoms with Crippen LogP contribution in [0.25, 0.3) is 6.08 Å². The van der Waals surface area contributed by atoms with Crippen molar-refractivity contribution in [3.05, 3.63) is 80.4 Å². The molecule has 2 rings (SSSR count). The molecule has 0 spiro atoms. The maximum Gasteiger partial charge on any atom is 0.336 e. The van der Waals surface area contributed by atoms with Crippen LogP contribution in [0.5, 0.6) is 5.75 Å². The lowest BCUT2D eigenvalue weighted by molar-refractivity contribution is -0.394. The Morgan fingerprint density at radius 1 is 1.00 bits per heavy atom. The minimum absolute atomic E-state index is 0.358. The molecule has 0 amide bonds. The standard InChI is InChI=1S/C15H10N2O6/c18-15(9-6-11-4-2-1-3-5-11)23-14-8-7-12(16(19)20)10-13(14)17(21)22/h1-10H. The molecule has 0 heterocycles. The second kappa shape index (κ2) is 6.94. The van der Waals surface area contributed by atoms with Crippen LogP contribution in [-0.4, -0.2) is 15.8 Å². The third-order valence-electron chi connectivity index (χ3n) is 2.77. The molecular formula is C15H10N2O6. The molecule has 0 aliphatic carbocycles. The van der Waals surface area contributed by atoms with E-state index in [4.69, 9.17) is 4.74 Å². The van der Waals surface area contributed by atoms with Crippen LogP contribution in [0.2, 0.25) is 0 Å². The fourth-order valence-electron chi connectivity index (χ4n) is 1.72. The van der Waals surface area contributed by atoms with Gasteiger partial charge in [-0.1, -0.05) is 30.3 Å². The van der Waals surface area contributed by atoms with Crippen molar-refractivity contribution in [2.24, 2.45) is 0 Å². The summed E-state index contributed by atoms with van der Waals surface area (Å²) in [6.45, 7) is 0. The molecule has 0 atom stereocenters. The van der Waals surface area contributed by atoms with Gasteiger partial charge in [0.25, 0.3) is 5.69 Å². The molecule has 0 unspecified atom stereocenters. The molecule has 0 radical (unpaired) electrons. The second-order valence-corrected chi connectivity index (χ2v) is 4.33. The fourth-order valence-corrected chi connectivity index (χ4v) is 1.72. The minimum Gasteiger partial charge on any atom is -0.416 e. The zero-order chi connectivity index (χ0) is 16.8. The number of nitrogens with zero attached hydrogens (tertiary/aromatic N) is 2. The van der Waals surface area contributed by atoms with E-state index in [0.717, 1.165) is 29.8 Å². The monoisotopic (exact) mass is 314 g/mol. The molecule has 0 bridgehead atoms. The van der Waals surface area contributed by atoms with Crippen LogP contribution in [-0.2, 0) is 4.79 Å². The molecule has 0 aliphatic heterocycles. The average Bonchev–Trinajstić information content (AvgIpc) is 2.54. The van der Waals surface area contributed by atoms with Gasteiger partial charge in [0, 0.05) is 12.1 Å². The van der Waals surface area contributed by atoms with Crippen molar-refractivity contribution in [3.8, 4) is 5.75 Å². The summed E-state index contributed by atoms with van der Waals surface area (Å²) >= 11 is 0. The van der Waals surface area contributed by atoms with E-state index in [9.17, 15) is 25.0 Å². The summed E-state index contributed by atoms with van der Waals surface area (Å²) in [5.74, 6) is -1.19. The Kier molecular flexibility index (Phi) is 4.78. The highest BCUT2D eigenvalue weighted by molar-refractivity contribution is 5.89. The lowest BCUT2D eigenvalue weighted by atomic mass is 10.2. The number of carbonyl (C=O) groups is 1. The van der Waals surface area contributed by atoms with Gasteiger partial charge in [0.2, 0.25) is 5.75 Å². The van der Waals surface area contributed by atoms with Crippen LogP contribution in [0, 0.1) is 20.2 Å².